The Morgan fingerprint density at radius 3 is 2.07 bits per heavy atom. The Bertz CT molecular complexity index is 307. The van der Waals surface area contributed by atoms with Gasteiger partial charge < -0.3 is 0 Å². The molecule has 15 heavy (non-hydrogen) atoms. The van der Waals surface area contributed by atoms with Crippen LogP contribution in [0.1, 0.15) is 33.6 Å². The number of hydrogen-bond acceptors (Lipinski definition) is 0. The fourth-order valence-corrected chi connectivity index (χ4v) is 8.84. The molecule has 2 atom stereocenters. The monoisotopic (exact) mass is 221 g/mol. The van der Waals surface area contributed by atoms with E-state index in [0.717, 1.165) is 11.3 Å². The van der Waals surface area contributed by atoms with E-state index in [1.54, 1.807) is 5.30 Å². The van der Waals surface area contributed by atoms with Gasteiger partial charge >= 0.3 is 0 Å². The summed E-state index contributed by atoms with van der Waals surface area (Å²) < 4.78 is 0. The molecule has 0 bridgehead atoms. The molecule has 0 aliphatic carbocycles. The molecule has 1 aliphatic rings. The van der Waals surface area contributed by atoms with Gasteiger partial charge in [0.2, 0.25) is 0 Å². The van der Waals surface area contributed by atoms with Crippen LogP contribution in [0.25, 0.3) is 0 Å². The lowest BCUT2D eigenvalue weighted by atomic mass is 10.2. The highest BCUT2D eigenvalue weighted by Crippen LogP contribution is 2.71. The van der Waals surface area contributed by atoms with Crippen LogP contribution in [0.5, 0.6) is 0 Å². The molecular weight excluding hydrogens is 199 g/mol. The van der Waals surface area contributed by atoms with Crippen molar-refractivity contribution >= 4 is 12.6 Å². The average Bonchev–Trinajstić information content (AvgIpc) is 2.57. The maximum atomic E-state index is 2.48. The van der Waals surface area contributed by atoms with Crippen LogP contribution in [0.15, 0.2) is 30.3 Å². The molecule has 0 radical (unpaired) electrons. The fourth-order valence-electron chi connectivity index (χ4n) is 3.40. The predicted molar refractivity (Wildman–Crippen MR) is 71.7 cm³/mol. The van der Waals surface area contributed by atoms with Gasteiger partial charge in [0.25, 0.3) is 0 Å². The minimum absolute atomic E-state index is 0.862. The second-order valence-electron chi connectivity index (χ2n) is 4.86. The zero-order valence-electron chi connectivity index (χ0n) is 10.1. The molecule has 0 unspecified atom stereocenters. The highest BCUT2D eigenvalue weighted by atomic mass is 31.2. The SMILES string of the molecule is CC[P+]1(c2ccccc2)[C@H](C)CC[C@H]1C. The normalized spacial score (nSPS) is 29.3. The third-order valence-electron chi connectivity index (χ3n) is 4.34. The number of rotatable bonds is 2. The summed E-state index contributed by atoms with van der Waals surface area (Å²) in [6.45, 7) is 7.36. The maximum Gasteiger partial charge on any atom is 0.0944 e. The largest absolute Gasteiger partial charge is 0.0944 e. The summed E-state index contributed by atoms with van der Waals surface area (Å²) in [5, 5.41) is 1.67. The minimum atomic E-state index is -0.862. The Labute approximate surface area is 94.4 Å². The van der Waals surface area contributed by atoms with E-state index in [1.807, 2.05) is 0 Å². The van der Waals surface area contributed by atoms with Crippen LogP contribution in [0.4, 0.5) is 0 Å². The summed E-state index contributed by atoms with van der Waals surface area (Å²) in [6, 6.07) is 11.3. The van der Waals surface area contributed by atoms with Crippen molar-refractivity contribution in [1.29, 1.82) is 0 Å². The zero-order chi connectivity index (χ0) is 10.9. The van der Waals surface area contributed by atoms with Crippen molar-refractivity contribution in [3.05, 3.63) is 30.3 Å². The van der Waals surface area contributed by atoms with Gasteiger partial charge in [0.15, 0.2) is 0 Å². The van der Waals surface area contributed by atoms with Crippen molar-refractivity contribution in [3.8, 4) is 0 Å². The average molecular weight is 221 g/mol. The molecule has 2 rings (SSSR count). The smallest absolute Gasteiger partial charge is 0.0620 e. The summed E-state index contributed by atoms with van der Waals surface area (Å²) >= 11 is 0. The van der Waals surface area contributed by atoms with Crippen LogP contribution >= 0.6 is 7.26 Å². The van der Waals surface area contributed by atoms with E-state index >= 15 is 0 Å². The molecule has 1 fully saturated rings. The third-order valence-corrected chi connectivity index (χ3v) is 10.3. The van der Waals surface area contributed by atoms with Gasteiger partial charge in [-0.25, -0.2) is 0 Å². The lowest BCUT2D eigenvalue weighted by Crippen LogP contribution is -2.24. The first-order valence-corrected chi connectivity index (χ1v) is 8.26. The van der Waals surface area contributed by atoms with Crippen LogP contribution in [0.3, 0.4) is 0 Å². The Kier molecular flexibility index (Phi) is 3.16. The van der Waals surface area contributed by atoms with E-state index in [1.165, 1.54) is 19.0 Å². The van der Waals surface area contributed by atoms with Gasteiger partial charge in [0.1, 0.15) is 0 Å². The van der Waals surface area contributed by atoms with Crippen molar-refractivity contribution in [2.45, 2.75) is 44.9 Å². The molecule has 1 heteroatoms. The molecule has 0 spiro atoms. The van der Waals surface area contributed by atoms with Gasteiger partial charge in [-0.3, -0.25) is 0 Å². The summed E-state index contributed by atoms with van der Waals surface area (Å²) in [7, 11) is -0.862. The topological polar surface area (TPSA) is 0 Å². The summed E-state index contributed by atoms with van der Waals surface area (Å²) in [5.41, 5.74) is 1.89. The molecular formula is C14H22P+. The molecule has 1 heterocycles. The molecule has 1 saturated heterocycles. The van der Waals surface area contributed by atoms with Crippen LogP contribution in [0, 0.1) is 0 Å². The van der Waals surface area contributed by atoms with Gasteiger partial charge in [-0.1, -0.05) is 18.2 Å². The summed E-state index contributed by atoms with van der Waals surface area (Å²) in [5.74, 6) is 0. The molecule has 82 valence electrons. The van der Waals surface area contributed by atoms with Crippen LogP contribution in [-0.4, -0.2) is 17.5 Å². The summed E-state index contributed by atoms with van der Waals surface area (Å²) in [4.78, 5) is 0. The van der Waals surface area contributed by atoms with Gasteiger partial charge in [-0.05, 0) is 45.7 Å². The molecule has 0 amide bonds. The van der Waals surface area contributed by atoms with E-state index in [9.17, 15) is 0 Å². The van der Waals surface area contributed by atoms with Crippen LogP contribution in [-0.2, 0) is 0 Å². The first-order chi connectivity index (χ1) is 7.21. The van der Waals surface area contributed by atoms with Gasteiger partial charge in [0, 0.05) is 0 Å². The number of hydrogen-bond donors (Lipinski definition) is 0. The quantitative estimate of drug-likeness (QED) is 0.664. The fraction of sp³-hybridized carbons (Fsp3) is 0.571. The van der Waals surface area contributed by atoms with E-state index in [0.29, 0.717) is 0 Å². The second-order valence-corrected chi connectivity index (χ2v) is 9.63. The van der Waals surface area contributed by atoms with Crippen molar-refractivity contribution in [1.82, 2.24) is 0 Å². The van der Waals surface area contributed by atoms with E-state index in [-0.39, 0.29) is 0 Å². The van der Waals surface area contributed by atoms with Crippen molar-refractivity contribution in [3.63, 3.8) is 0 Å². The first kappa shape index (κ1) is 11.1. The molecule has 0 nitrogen and oxygen atoms in total. The van der Waals surface area contributed by atoms with Gasteiger partial charge in [0.05, 0.1) is 30.0 Å². The van der Waals surface area contributed by atoms with E-state index in [2.05, 4.69) is 51.1 Å². The molecule has 1 aromatic rings. The lowest BCUT2D eigenvalue weighted by Gasteiger charge is -2.30. The Balaban J connectivity index is 2.45. The molecule has 0 saturated carbocycles. The third kappa shape index (κ3) is 1.64. The predicted octanol–water partition coefficient (Wildman–Crippen LogP) is 3.92. The van der Waals surface area contributed by atoms with Crippen LogP contribution < -0.4 is 5.30 Å². The van der Waals surface area contributed by atoms with E-state index < -0.39 is 7.26 Å². The lowest BCUT2D eigenvalue weighted by molar-refractivity contribution is 0.777. The standard InChI is InChI=1S/C14H22P/c1-4-15(12(2)10-11-13(15)3)14-8-6-5-7-9-14/h5-9,12-13H,4,10-11H2,1-3H3/q+1/t12-,13-/m1/s1. The molecule has 0 aromatic heterocycles. The minimum Gasteiger partial charge on any atom is -0.0620 e. The van der Waals surface area contributed by atoms with Gasteiger partial charge in [-0.15, -0.1) is 0 Å². The van der Waals surface area contributed by atoms with E-state index in [4.69, 9.17) is 0 Å². The Hall–Kier alpha value is -0.350. The van der Waals surface area contributed by atoms with Crippen molar-refractivity contribution in [2.24, 2.45) is 0 Å². The number of benzene rings is 1. The molecule has 0 N–H and O–H groups in total. The van der Waals surface area contributed by atoms with Gasteiger partial charge in [-0.2, -0.15) is 0 Å². The maximum absolute atomic E-state index is 2.48. The summed E-state index contributed by atoms with van der Waals surface area (Å²) in [6.07, 6.45) is 4.27. The molecule has 1 aliphatic heterocycles. The van der Waals surface area contributed by atoms with Crippen LogP contribution in [0.2, 0.25) is 0 Å². The Morgan fingerprint density at radius 2 is 1.60 bits per heavy atom. The highest BCUT2D eigenvalue weighted by Gasteiger charge is 2.52. The highest BCUT2D eigenvalue weighted by molar-refractivity contribution is 7.84. The zero-order valence-corrected chi connectivity index (χ0v) is 11.0. The first-order valence-electron chi connectivity index (χ1n) is 6.15. The van der Waals surface area contributed by atoms with Crippen molar-refractivity contribution in [2.75, 3.05) is 6.16 Å². The van der Waals surface area contributed by atoms with Crippen molar-refractivity contribution < 1.29 is 0 Å². The Morgan fingerprint density at radius 1 is 1.07 bits per heavy atom. The second kappa shape index (κ2) is 4.26. The molecule has 1 aromatic carbocycles.